The molecule has 1 aromatic heterocycles. The summed E-state index contributed by atoms with van der Waals surface area (Å²) in [4.78, 5) is 26.5. The van der Waals surface area contributed by atoms with Gasteiger partial charge in [-0.25, -0.2) is 0 Å². The van der Waals surface area contributed by atoms with Gasteiger partial charge in [-0.3, -0.25) is 14.5 Å². The molecule has 2 heterocycles. The second-order valence-corrected chi connectivity index (χ2v) is 8.97. The number of furan rings is 1. The molecule has 0 unspecified atom stereocenters. The zero-order chi connectivity index (χ0) is 21.4. The third-order valence-electron chi connectivity index (χ3n) is 4.40. The van der Waals surface area contributed by atoms with Gasteiger partial charge in [0.15, 0.2) is 10.1 Å². The van der Waals surface area contributed by atoms with Gasteiger partial charge in [0.05, 0.1) is 15.6 Å². The highest BCUT2D eigenvalue weighted by Crippen LogP contribution is 2.37. The van der Waals surface area contributed by atoms with Crippen molar-refractivity contribution in [3.8, 4) is 11.3 Å². The number of hydrogen-bond acceptors (Lipinski definition) is 5. The lowest BCUT2D eigenvalue weighted by atomic mass is 10.1. The molecule has 0 saturated carbocycles. The third kappa shape index (κ3) is 4.09. The molecule has 0 bridgehead atoms. The number of ketones is 1. The van der Waals surface area contributed by atoms with Crippen molar-refractivity contribution in [2.45, 2.75) is 6.92 Å². The van der Waals surface area contributed by atoms with E-state index in [-0.39, 0.29) is 11.7 Å². The number of anilines is 1. The van der Waals surface area contributed by atoms with Crippen molar-refractivity contribution in [3.63, 3.8) is 0 Å². The van der Waals surface area contributed by atoms with Crippen molar-refractivity contribution in [1.29, 1.82) is 0 Å². The average Bonchev–Trinajstić information content (AvgIpc) is 3.28. The molecule has 1 aliphatic heterocycles. The monoisotopic (exact) mass is 473 g/mol. The molecule has 8 heteroatoms. The summed E-state index contributed by atoms with van der Waals surface area (Å²) >= 11 is 18.9. The summed E-state index contributed by atoms with van der Waals surface area (Å²) in [6.45, 7) is 1.48. The number of thioether (sulfide) groups is 1. The van der Waals surface area contributed by atoms with Crippen LogP contribution in [0.4, 0.5) is 5.69 Å². The summed E-state index contributed by atoms with van der Waals surface area (Å²) < 4.78 is 6.24. The maximum absolute atomic E-state index is 13.0. The number of nitrogens with zero attached hydrogens (tertiary/aromatic N) is 1. The fourth-order valence-electron chi connectivity index (χ4n) is 2.95. The van der Waals surface area contributed by atoms with Crippen molar-refractivity contribution in [3.05, 3.63) is 80.9 Å². The largest absolute Gasteiger partial charge is 0.457 e. The standard InChI is InChI=1S/C22H13Cl2NO3S2/c1-12(26)13-3-2-4-15(9-13)25-21(27)20(30-22(25)29)11-16-6-8-19(28-16)17-10-14(23)5-7-18(17)24/h2-11H,1H3. The summed E-state index contributed by atoms with van der Waals surface area (Å²) in [7, 11) is 0. The van der Waals surface area contributed by atoms with Crippen molar-refractivity contribution >= 4 is 75.0 Å². The first-order valence-electron chi connectivity index (χ1n) is 8.78. The van der Waals surface area contributed by atoms with Crippen LogP contribution < -0.4 is 4.90 Å². The normalized spacial score (nSPS) is 15.3. The van der Waals surface area contributed by atoms with Gasteiger partial charge in [0.25, 0.3) is 5.91 Å². The number of Topliss-reactive ketones (excluding diaryl/α,β-unsaturated/α-hetero) is 1. The number of halogens is 2. The van der Waals surface area contributed by atoms with Crippen molar-refractivity contribution in [2.75, 3.05) is 4.90 Å². The van der Waals surface area contributed by atoms with Crippen LogP contribution in [0.15, 0.2) is 63.9 Å². The molecule has 1 amide bonds. The quantitative estimate of drug-likeness (QED) is 0.235. The Labute approximate surface area is 192 Å². The highest BCUT2D eigenvalue weighted by atomic mass is 35.5. The molecule has 0 aliphatic carbocycles. The second-order valence-electron chi connectivity index (χ2n) is 6.45. The maximum Gasteiger partial charge on any atom is 0.270 e. The molecule has 0 radical (unpaired) electrons. The zero-order valence-corrected chi connectivity index (χ0v) is 18.7. The van der Waals surface area contributed by atoms with Crippen LogP contribution >= 0.6 is 47.2 Å². The minimum Gasteiger partial charge on any atom is -0.457 e. The van der Waals surface area contributed by atoms with Gasteiger partial charge in [-0.05, 0) is 49.4 Å². The Morgan fingerprint density at radius 1 is 1.13 bits per heavy atom. The summed E-state index contributed by atoms with van der Waals surface area (Å²) in [6, 6.07) is 15.4. The van der Waals surface area contributed by atoms with E-state index in [1.165, 1.54) is 23.6 Å². The Hall–Kier alpha value is -2.38. The molecule has 0 atom stereocenters. The summed E-state index contributed by atoms with van der Waals surface area (Å²) in [5.41, 5.74) is 1.73. The Morgan fingerprint density at radius 3 is 2.70 bits per heavy atom. The lowest BCUT2D eigenvalue weighted by Gasteiger charge is -2.15. The fraction of sp³-hybridized carbons (Fsp3) is 0.0455. The van der Waals surface area contributed by atoms with Gasteiger partial charge in [0.2, 0.25) is 0 Å². The first kappa shape index (κ1) is 20.9. The molecule has 2 aromatic carbocycles. The number of thiocarbonyl (C=S) groups is 1. The van der Waals surface area contributed by atoms with E-state index in [0.29, 0.717) is 47.6 Å². The van der Waals surface area contributed by atoms with Gasteiger partial charge >= 0.3 is 0 Å². The summed E-state index contributed by atoms with van der Waals surface area (Å²) in [6.07, 6.45) is 1.63. The van der Waals surface area contributed by atoms with E-state index in [9.17, 15) is 9.59 Å². The second kappa shape index (κ2) is 8.40. The first-order valence-corrected chi connectivity index (χ1v) is 10.8. The fourth-order valence-corrected chi connectivity index (χ4v) is 4.61. The lowest BCUT2D eigenvalue weighted by molar-refractivity contribution is -0.113. The van der Waals surface area contributed by atoms with Crippen LogP contribution in [0.2, 0.25) is 10.0 Å². The van der Waals surface area contributed by atoms with E-state index >= 15 is 0 Å². The molecule has 150 valence electrons. The minimum absolute atomic E-state index is 0.0828. The smallest absolute Gasteiger partial charge is 0.270 e. The van der Waals surface area contributed by atoms with Crippen molar-refractivity contribution in [2.24, 2.45) is 0 Å². The van der Waals surface area contributed by atoms with Gasteiger partial charge in [-0.2, -0.15) is 0 Å². The van der Waals surface area contributed by atoms with E-state index in [4.69, 9.17) is 39.8 Å². The Morgan fingerprint density at radius 2 is 1.93 bits per heavy atom. The number of rotatable bonds is 4. The number of carbonyl (C=O) groups excluding carboxylic acids is 2. The molecule has 3 aromatic rings. The summed E-state index contributed by atoms with van der Waals surface area (Å²) in [5.74, 6) is 0.669. The molecule has 0 N–H and O–H groups in total. The molecule has 0 spiro atoms. The molecule has 1 fully saturated rings. The molecule has 1 saturated heterocycles. The predicted octanol–water partition coefficient (Wildman–Crippen LogP) is 6.86. The average molecular weight is 474 g/mol. The summed E-state index contributed by atoms with van der Waals surface area (Å²) in [5, 5.41) is 1.05. The molecular formula is C22H13Cl2NO3S2. The number of hydrogen-bond donors (Lipinski definition) is 0. The highest BCUT2D eigenvalue weighted by Gasteiger charge is 2.33. The van der Waals surface area contributed by atoms with Crippen LogP contribution in [0.5, 0.6) is 0 Å². The van der Waals surface area contributed by atoms with Crippen molar-refractivity contribution < 1.29 is 14.0 Å². The lowest BCUT2D eigenvalue weighted by Crippen LogP contribution is -2.27. The van der Waals surface area contributed by atoms with Gasteiger partial charge in [0.1, 0.15) is 11.5 Å². The highest BCUT2D eigenvalue weighted by molar-refractivity contribution is 8.27. The number of carbonyl (C=O) groups is 2. The van der Waals surface area contributed by atoms with E-state index in [2.05, 4.69) is 0 Å². The molecule has 4 rings (SSSR count). The Bertz CT molecular complexity index is 1230. The predicted molar refractivity (Wildman–Crippen MR) is 126 cm³/mol. The van der Waals surface area contributed by atoms with Crippen LogP contribution in [-0.2, 0) is 4.79 Å². The van der Waals surface area contributed by atoms with Gasteiger partial charge in [-0.1, -0.05) is 59.3 Å². The minimum atomic E-state index is -0.274. The molecule has 1 aliphatic rings. The zero-order valence-electron chi connectivity index (χ0n) is 15.5. The van der Waals surface area contributed by atoms with Crippen LogP contribution in [-0.4, -0.2) is 16.0 Å². The van der Waals surface area contributed by atoms with E-state index in [1.807, 2.05) is 0 Å². The van der Waals surface area contributed by atoms with E-state index in [0.717, 1.165) is 0 Å². The topological polar surface area (TPSA) is 50.5 Å². The van der Waals surface area contributed by atoms with Crippen LogP contribution in [0.3, 0.4) is 0 Å². The molecule has 30 heavy (non-hydrogen) atoms. The SMILES string of the molecule is CC(=O)c1cccc(N2C(=O)C(=Cc3ccc(-c4cc(Cl)ccc4Cl)o3)SC2=S)c1. The Balaban J connectivity index is 1.63. The number of amides is 1. The van der Waals surface area contributed by atoms with E-state index < -0.39 is 0 Å². The third-order valence-corrected chi connectivity index (χ3v) is 6.27. The maximum atomic E-state index is 13.0. The van der Waals surface area contributed by atoms with Crippen LogP contribution in [0, 0.1) is 0 Å². The van der Waals surface area contributed by atoms with Crippen molar-refractivity contribution in [1.82, 2.24) is 0 Å². The van der Waals surface area contributed by atoms with Crippen LogP contribution in [0.25, 0.3) is 17.4 Å². The van der Waals surface area contributed by atoms with E-state index in [1.54, 1.807) is 60.7 Å². The Kier molecular flexibility index (Phi) is 5.84. The van der Waals surface area contributed by atoms with Gasteiger partial charge < -0.3 is 4.42 Å². The van der Waals surface area contributed by atoms with Crippen LogP contribution in [0.1, 0.15) is 23.0 Å². The van der Waals surface area contributed by atoms with Gasteiger partial charge in [0, 0.05) is 22.2 Å². The number of benzene rings is 2. The van der Waals surface area contributed by atoms with Gasteiger partial charge in [-0.15, -0.1) is 0 Å². The first-order chi connectivity index (χ1) is 14.3. The molecular weight excluding hydrogens is 461 g/mol. The molecule has 4 nitrogen and oxygen atoms in total.